The summed E-state index contributed by atoms with van der Waals surface area (Å²) in [6.45, 7) is 0. The van der Waals surface area contributed by atoms with Crippen molar-refractivity contribution in [2.75, 3.05) is 0 Å². The monoisotopic (exact) mass is 432 g/mol. The molecule has 0 amide bonds. The molecule has 0 fully saturated rings. The Balaban J connectivity index is 1.63. The molecular formula is C28H17ClN2O. The van der Waals surface area contributed by atoms with Crippen molar-refractivity contribution in [3.8, 4) is 33.9 Å². The van der Waals surface area contributed by atoms with Crippen molar-refractivity contribution in [1.29, 1.82) is 0 Å². The number of rotatable bonds is 3. The predicted molar refractivity (Wildman–Crippen MR) is 131 cm³/mol. The number of halogens is 1. The number of fused-ring (bicyclic) bond motifs is 3. The van der Waals surface area contributed by atoms with E-state index >= 15 is 0 Å². The molecule has 0 atom stereocenters. The van der Waals surface area contributed by atoms with Gasteiger partial charge in [-0.05, 0) is 30.3 Å². The van der Waals surface area contributed by atoms with Crippen molar-refractivity contribution in [1.82, 2.24) is 9.97 Å². The zero-order valence-corrected chi connectivity index (χ0v) is 17.8. The van der Waals surface area contributed by atoms with Gasteiger partial charge in [0.2, 0.25) is 0 Å². The van der Waals surface area contributed by atoms with Crippen LogP contribution in [0.2, 0.25) is 5.02 Å². The molecule has 32 heavy (non-hydrogen) atoms. The minimum absolute atomic E-state index is 0.679. The topological polar surface area (TPSA) is 38.9 Å². The maximum atomic E-state index is 6.27. The molecule has 0 N–H and O–H groups in total. The Morgan fingerprint density at radius 2 is 1.31 bits per heavy atom. The van der Waals surface area contributed by atoms with Crippen LogP contribution in [0.5, 0.6) is 0 Å². The minimum Gasteiger partial charge on any atom is -0.455 e. The van der Waals surface area contributed by atoms with Crippen LogP contribution in [0.1, 0.15) is 0 Å². The summed E-state index contributed by atoms with van der Waals surface area (Å²) < 4.78 is 6.27. The molecule has 2 heterocycles. The second-order valence-electron chi connectivity index (χ2n) is 7.62. The van der Waals surface area contributed by atoms with Gasteiger partial charge in [0.05, 0.1) is 11.4 Å². The summed E-state index contributed by atoms with van der Waals surface area (Å²) in [5.41, 5.74) is 6.21. The van der Waals surface area contributed by atoms with Crippen molar-refractivity contribution in [3.05, 3.63) is 108 Å². The Kier molecular flexibility index (Phi) is 4.48. The van der Waals surface area contributed by atoms with Crippen LogP contribution < -0.4 is 0 Å². The van der Waals surface area contributed by atoms with E-state index in [4.69, 9.17) is 26.0 Å². The SMILES string of the molecule is Clc1ccc2oc3c(-c4cc(-c5ccccc5)nc(-c5ccccc5)n4)cccc3c2c1. The molecule has 3 nitrogen and oxygen atoms in total. The standard InChI is InChI=1S/C28H17ClN2O/c29-20-14-15-26-23(16-20)21-12-7-13-22(27(21)32-26)25-17-24(18-8-3-1-4-9-18)30-28(31-25)19-10-5-2-6-11-19/h1-17H. The van der Waals surface area contributed by atoms with Gasteiger partial charge in [0.1, 0.15) is 11.2 Å². The molecule has 0 saturated carbocycles. The highest BCUT2D eigenvalue weighted by atomic mass is 35.5. The van der Waals surface area contributed by atoms with Crippen molar-refractivity contribution >= 4 is 33.5 Å². The van der Waals surface area contributed by atoms with Crippen molar-refractivity contribution in [3.63, 3.8) is 0 Å². The van der Waals surface area contributed by atoms with Gasteiger partial charge in [-0.3, -0.25) is 0 Å². The van der Waals surface area contributed by atoms with E-state index in [0.717, 1.165) is 50.0 Å². The molecular weight excluding hydrogens is 416 g/mol. The van der Waals surface area contributed by atoms with E-state index in [-0.39, 0.29) is 0 Å². The Hall–Kier alpha value is -3.95. The van der Waals surface area contributed by atoms with Crippen LogP contribution in [0.4, 0.5) is 0 Å². The van der Waals surface area contributed by atoms with E-state index < -0.39 is 0 Å². The average molecular weight is 433 g/mol. The largest absolute Gasteiger partial charge is 0.455 e. The highest BCUT2D eigenvalue weighted by Crippen LogP contribution is 2.37. The molecule has 0 aliphatic carbocycles. The number of nitrogens with zero attached hydrogens (tertiary/aromatic N) is 2. The molecule has 2 aromatic heterocycles. The van der Waals surface area contributed by atoms with E-state index in [0.29, 0.717) is 10.8 Å². The van der Waals surface area contributed by atoms with Gasteiger partial charge in [-0.2, -0.15) is 0 Å². The number of furan rings is 1. The van der Waals surface area contributed by atoms with E-state index in [1.165, 1.54) is 0 Å². The number of para-hydroxylation sites is 1. The average Bonchev–Trinajstić information content (AvgIpc) is 3.23. The Morgan fingerprint density at radius 3 is 2.09 bits per heavy atom. The lowest BCUT2D eigenvalue weighted by atomic mass is 10.0. The molecule has 0 aliphatic rings. The van der Waals surface area contributed by atoms with E-state index in [1.807, 2.05) is 84.9 Å². The van der Waals surface area contributed by atoms with Gasteiger partial charge >= 0.3 is 0 Å². The quantitative estimate of drug-likeness (QED) is 0.284. The fraction of sp³-hybridized carbons (Fsp3) is 0. The smallest absolute Gasteiger partial charge is 0.160 e. The Bertz CT molecular complexity index is 1520. The first-order valence-electron chi connectivity index (χ1n) is 10.4. The second-order valence-corrected chi connectivity index (χ2v) is 8.06. The molecule has 0 saturated heterocycles. The van der Waals surface area contributed by atoms with Gasteiger partial charge in [-0.1, -0.05) is 84.4 Å². The van der Waals surface area contributed by atoms with E-state index in [9.17, 15) is 0 Å². The molecule has 0 spiro atoms. The molecule has 6 rings (SSSR count). The maximum Gasteiger partial charge on any atom is 0.160 e. The van der Waals surface area contributed by atoms with Gasteiger partial charge in [-0.25, -0.2) is 9.97 Å². The first kappa shape index (κ1) is 18.8. The van der Waals surface area contributed by atoms with Crippen LogP contribution >= 0.6 is 11.6 Å². The molecule has 152 valence electrons. The summed E-state index contributed by atoms with van der Waals surface area (Å²) in [5.74, 6) is 0.679. The van der Waals surface area contributed by atoms with Crippen LogP contribution in [0, 0.1) is 0 Å². The van der Waals surface area contributed by atoms with E-state index in [1.54, 1.807) is 0 Å². The van der Waals surface area contributed by atoms with Gasteiger partial charge in [0.15, 0.2) is 5.82 Å². The van der Waals surface area contributed by atoms with Gasteiger partial charge in [0.25, 0.3) is 0 Å². The van der Waals surface area contributed by atoms with Crippen LogP contribution in [-0.2, 0) is 0 Å². The minimum atomic E-state index is 0.679. The lowest BCUT2D eigenvalue weighted by Gasteiger charge is -2.09. The lowest BCUT2D eigenvalue weighted by molar-refractivity contribution is 0.670. The van der Waals surface area contributed by atoms with Crippen molar-refractivity contribution in [2.24, 2.45) is 0 Å². The molecule has 0 radical (unpaired) electrons. The molecule has 4 aromatic carbocycles. The van der Waals surface area contributed by atoms with Gasteiger partial charge in [-0.15, -0.1) is 0 Å². The summed E-state index contributed by atoms with van der Waals surface area (Å²) in [6.07, 6.45) is 0. The summed E-state index contributed by atoms with van der Waals surface area (Å²) in [6, 6.07) is 34.0. The Morgan fingerprint density at radius 1 is 0.594 bits per heavy atom. The third kappa shape index (κ3) is 3.24. The molecule has 0 bridgehead atoms. The van der Waals surface area contributed by atoms with Crippen LogP contribution in [-0.4, -0.2) is 9.97 Å². The number of benzene rings is 4. The third-order valence-corrected chi connectivity index (χ3v) is 5.80. The summed E-state index contributed by atoms with van der Waals surface area (Å²) >= 11 is 6.25. The van der Waals surface area contributed by atoms with Gasteiger partial charge < -0.3 is 4.42 Å². The number of hydrogen-bond acceptors (Lipinski definition) is 3. The second kappa shape index (κ2) is 7.63. The van der Waals surface area contributed by atoms with Crippen molar-refractivity contribution in [2.45, 2.75) is 0 Å². The zero-order chi connectivity index (χ0) is 21.5. The zero-order valence-electron chi connectivity index (χ0n) is 17.0. The van der Waals surface area contributed by atoms with Crippen LogP contribution in [0.25, 0.3) is 55.8 Å². The van der Waals surface area contributed by atoms with Crippen LogP contribution in [0.3, 0.4) is 0 Å². The molecule has 6 aromatic rings. The van der Waals surface area contributed by atoms with E-state index in [2.05, 4.69) is 18.2 Å². The first-order chi connectivity index (χ1) is 15.8. The molecule has 0 aliphatic heterocycles. The third-order valence-electron chi connectivity index (χ3n) is 5.56. The lowest BCUT2D eigenvalue weighted by Crippen LogP contribution is -1.96. The molecule has 4 heteroatoms. The van der Waals surface area contributed by atoms with Crippen LogP contribution in [0.15, 0.2) is 108 Å². The normalized spacial score (nSPS) is 11.3. The Labute approximate surface area is 190 Å². The summed E-state index contributed by atoms with van der Waals surface area (Å²) in [7, 11) is 0. The highest BCUT2D eigenvalue weighted by Gasteiger charge is 2.16. The first-order valence-corrected chi connectivity index (χ1v) is 10.8. The maximum absolute atomic E-state index is 6.27. The predicted octanol–water partition coefficient (Wildman–Crippen LogP) is 8.03. The fourth-order valence-corrected chi connectivity index (χ4v) is 4.20. The molecule has 0 unspecified atom stereocenters. The van der Waals surface area contributed by atoms with Crippen molar-refractivity contribution < 1.29 is 4.42 Å². The highest BCUT2D eigenvalue weighted by molar-refractivity contribution is 6.31. The summed E-state index contributed by atoms with van der Waals surface area (Å²) in [5, 5.41) is 2.70. The fourth-order valence-electron chi connectivity index (χ4n) is 4.03. The number of hydrogen-bond donors (Lipinski definition) is 0. The van der Waals surface area contributed by atoms with Gasteiger partial charge in [0, 0.05) is 32.5 Å². The number of aromatic nitrogens is 2. The summed E-state index contributed by atoms with van der Waals surface area (Å²) in [4.78, 5) is 9.81.